The van der Waals surface area contributed by atoms with Crippen LogP contribution in [0.4, 0.5) is 5.69 Å². The van der Waals surface area contributed by atoms with Crippen LogP contribution >= 0.6 is 11.6 Å². The molecule has 0 radical (unpaired) electrons. The summed E-state index contributed by atoms with van der Waals surface area (Å²) in [6.45, 7) is 5.87. The Hall–Kier alpha value is -2.26. The summed E-state index contributed by atoms with van der Waals surface area (Å²) in [7, 11) is 0. The molecular formula is C19H18ClNO2. The first-order chi connectivity index (χ1) is 11.0. The Bertz CT molecular complexity index is 896. The van der Waals surface area contributed by atoms with Crippen molar-refractivity contribution in [3.8, 4) is 0 Å². The van der Waals surface area contributed by atoms with E-state index >= 15 is 0 Å². The van der Waals surface area contributed by atoms with Gasteiger partial charge in [0.1, 0.15) is 5.58 Å². The van der Waals surface area contributed by atoms with E-state index < -0.39 is 0 Å². The van der Waals surface area contributed by atoms with Crippen LogP contribution in [-0.4, -0.2) is 5.91 Å². The lowest BCUT2D eigenvalue weighted by atomic mass is 10.0. The lowest BCUT2D eigenvalue weighted by molar-refractivity contribution is -0.115. The molecule has 23 heavy (non-hydrogen) atoms. The fourth-order valence-electron chi connectivity index (χ4n) is 2.82. The molecule has 0 aliphatic heterocycles. The zero-order chi connectivity index (χ0) is 16.6. The fourth-order valence-corrected chi connectivity index (χ4v) is 2.97. The van der Waals surface area contributed by atoms with E-state index in [1.165, 1.54) is 0 Å². The van der Waals surface area contributed by atoms with Crippen molar-refractivity contribution in [2.45, 2.75) is 27.2 Å². The van der Waals surface area contributed by atoms with Gasteiger partial charge in [0.2, 0.25) is 5.91 Å². The molecule has 0 unspecified atom stereocenters. The number of rotatable bonds is 3. The van der Waals surface area contributed by atoms with Crippen molar-refractivity contribution in [2.24, 2.45) is 0 Å². The minimum absolute atomic E-state index is 0.0712. The summed E-state index contributed by atoms with van der Waals surface area (Å²) < 4.78 is 5.60. The van der Waals surface area contributed by atoms with Gasteiger partial charge in [-0.1, -0.05) is 29.8 Å². The zero-order valence-corrected chi connectivity index (χ0v) is 14.1. The molecule has 0 bridgehead atoms. The van der Waals surface area contributed by atoms with Gasteiger partial charge in [-0.25, -0.2) is 0 Å². The van der Waals surface area contributed by atoms with Crippen LogP contribution in [0.1, 0.15) is 22.3 Å². The lowest BCUT2D eigenvalue weighted by Crippen LogP contribution is -2.15. The number of furan rings is 1. The average Bonchev–Trinajstić information content (AvgIpc) is 2.90. The van der Waals surface area contributed by atoms with E-state index in [4.69, 9.17) is 16.0 Å². The Morgan fingerprint density at radius 3 is 2.65 bits per heavy atom. The van der Waals surface area contributed by atoms with Crippen molar-refractivity contribution in [2.75, 3.05) is 5.32 Å². The van der Waals surface area contributed by atoms with Crippen LogP contribution in [0.5, 0.6) is 0 Å². The third-order valence-corrected chi connectivity index (χ3v) is 4.65. The van der Waals surface area contributed by atoms with E-state index in [-0.39, 0.29) is 12.3 Å². The molecule has 0 spiro atoms. The van der Waals surface area contributed by atoms with E-state index in [0.29, 0.717) is 0 Å². The van der Waals surface area contributed by atoms with Gasteiger partial charge in [0.05, 0.1) is 12.7 Å². The first-order valence-electron chi connectivity index (χ1n) is 7.48. The Kier molecular flexibility index (Phi) is 4.14. The van der Waals surface area contributed by atoms with Crippen molar-refractivity contribution in [3.05, 3.63) is 63.9 Å². The second-order valence-corrected chi connectivity index (χ2v) is 6.18. The molecule has 3 aromatic rings. The van der Waals surface area contributed by atoms with Crippen LogP contribution in [0.15, 0.2) is 41.0 Å². The number of benzene rings is 2. The molecule has 4 heteroatoms. The van der Waals surface area contributed by atoms with Crippen LogP contribution in [0.2, 0.25) is 5.02 Å². The molecule has 1 N–H and O–H groups in total. The summed E-state index contributed by atoms with van der Waals surface area (Å²) in [4.78, 5) is 12.4. The van der Waals surface area contributed by atoms with Crippen LogP contribution in [0, 0.1) is 20.8 Å². The monoisotopic (exact) mass is 327 g/mol. The Morgan fingerprint density at radius 2 is 1.91 bits per heavy atom. The van der Waals surface area contributed by atoms with Crippen LogP contribution < -0.4 is 5.32 Å². The highest BCUT2D eigenvalue weighted by Crippen LogP contribution is 2.32. The maximum absolute atomic E-state index is 12.4. The number of hydrogen-bond acceptors (Lipinski definition) is 2. The predicted octanol–water partition coefficient (Wildman–Crippen LogP) is 5.19. The van der Waals surface area contributed by atoms with Crippen molar-refractivity contribution >= 4 is 34.2 Å². The number of nitrogens with one attached hydrogen (secondary N) is 1. The number of hydrogen-bond donors (Lipinski definition) is 1. The molecule has 0 atom stereocenters. The SMILES string of the molecule is Cc1ccccc1NC(=O)Cc1coc2cc(C)c(Cl)c(C)c12. The Balaban J connectivity index is 1.89. The second kappa shape index (κ2) is 6.09. The summed E-state index contributed by atoms with van der Waals surface area (Å²) in [6.07, 6.45) is 1.90. The first kappa shape index (κ1) is 15.6. The van der Waals surface area contributed by atoms with E-state index in [1.807, 2.05) is 51.1 Å². The average molecular weight is 328 g/mol. The van der Waals surface area contributed by atoms with E-state index in [2.05, 4.69) is 5.32 Å². The van der Waals surface area contributed by atoms with Gasteiger partial charge in [0.25, 0.3) is 0 Å². The van der Waals surface area contributed by atoms with E-state index in [0.717, 1.165) is 43.9 Å². The van der Waals surface area contributed by atoms with Crippen LogP contribution in [0.3, 0.4) is 0 Å². The van der Waals surface area contributed by atoms with Crippen LogP contribution in [0.25, 0.3) is 11.0 Å². The summed E-state index contributed by atoms with van der Waals surface area (Å²) in [5.74, 6) is -0.0712. The maximum atomic E-state index is 12.4. The molecule has 3 rings (SSSR count). The number of fused-ring (bicyclic) bond motifs is 1. The molecule has 0 saturated carbocycles. The summed E-state index contributed by atoms with van der Waals surface area (Å²) in [5, 5.41) is 4.60. The van der Waals surface area contributed by atoms with Gasteiger partial charge in [0.15, 0.2) is 0 Å². The van der Waals surface area contributed by atoms with Crippen molar-refractivity contribution < 1.29 is 9.21 Å². The highest BCUT2D eigenvalue weighted by Gasteiger charge is 2.16. The number of anilines is 1. The minimum Gasteiger partial charge on any atom is -0.464 e. The van der Waals surface area contributed by atoms with Gasteiger partial charge in [-0.2, -0.15) is 0 Å². The molecular weight excluding hydrogens is 310 g/mol. The van der Waals surface area contributed by atoms with Crippen molar-refractivity contribution in [1.29, 1.82) is 0 Å². The number of carbonyl (C=O) groups excluding carboxylic acids is 1. The number of halogens is 1. The molecule has 0 saturated heterocycles. The second-order valence-electron chi connectivity index (χ2n) is 5.81. The zero-order valence-electron chi connectivity index (χ0n) is 13.4. The first-order valence-corrected chi connectivity index (χ1v) is 7.86. The minimum atomic E-state index is -0.0712. The standard InChI is InChI=1S/C19H18ClNO2/c1-11-6-4-5-7-15(11)21-17(22)9-14-10-23-16-8-12(2)19(20)13(3)18(14)16/h4-8,10H,9H2,1-3H3,(H,21,22). The molecule has 0 aliphatic carbocycles. The number of amides is 1. The Labute approximate surface area is 140 Å². The smallest absolute Gasteiger partial charge is 0.228 e. The maximum Gasteiger partial charge on any atom is 0.228 e. The highest BCUT2D eigenvalue weighted by atomic mass is 35.5. The quantitative estimate of drug-likeness (QED) is 0.719. The fraction of sp³-hybridized carbons (Fsp3) is 0.211. The topological polar surface area (TPSA) is 42.2 Å². The third kappa shape index (κ3) is 2.97. The predicted molar refractivity (Wildman–Crippen MR) is 94.2 cm³/mol. The van der Waals surface area contributed by atoms with Gasteiger partial charge in [-0.3, -0.25) is 4.79 Å². The largest absolute Gasteiger partial charge is 0.464 e. The molecule has 3 nitrogen and oxygen atoms in total. The molecule has 1 amide bonds. The van der Waals surface area contributed by atoms with Gasteiger partial charge in [-0.05, 0) is 49.6 Å². The Morgan fingerprint density at radius 1 is 1.17 bits per heavy atom. The van der Waals surface area contributed by atoms with Gasteiger partial charge >= 0.3 is 0 Å². The molecule has 118 valence electrons. The summed E-state index contributed by atoms with van der Waals surface area (Å²) in [6, 6.07) is 9.62. The molecule has 2 aromatic carbocycles. The van der Waals surface area contributed by atoms with E-state index in [9.17, 15) is 4.79 Å². The van der Waals surface area contributed by atoms with Gasteiger partial charge < -0.3 is 9.73 Å². The number of aryl methyl sites for hydroxylation is 3. The molecule has 1 heterocycles. The summed E-state index contributed by atoms with van der Waals surface area (Å²) >= 11 is 6.33. The molecule has 0 fully saturated rings. The molecule has 1 aromatic heterocycles. The highest BCUT2D eigenvalue weighted by molar-refractivity contribution is 6.33. The van der Waals surface area contributed by atoms with Crippen molar-refractivity contribution in [1.82, 2.24) is 0 Å². The normalized spacial score (nSPS) is 11.0. The van der Waals surface area contributed by atoms with Crippen molar-refractivity contribution in [3.63, 3.8) is 0 Å². The molecule has 0 aliphatic rings. The lowest BCUT2D eigenvalue weighted by Gasteiger charge is -2.08. The van der Waals surface area contributed by atoms with Crippen LogP contribution in [-0.2, 0) is 11.2 Å². The van der Waals surface area contributed by atoms with E-state index in [1.54, 1.807) is 6.26 Å². The van der Waals surface area contributed by atoms with Gasteiger partial charge in [-0.15, -0.1) is 0 Å². The van der Waals surface area contributed by atoms with Gasteiger partial charge in [0, 0.05) is 21.7 Å². The number of carbonyl (C=O) groups is 1. The number of para-hydroxylation sites is 1. The summed E-state index contributed by atoms with van der Waals surface area (Å²) in [5.41, 5.74) is 5.41. The third-order valence-electron chi connectivity index (χ3n) is 4.06.